The Morgan fingerprint density at radius 3 is 2.59 bits per heavy atom. The van der Waals surface area contributed by atoms with Gasteiger partial charge in [-0.15, -0.1) is 11.8 Å². The Bertz CT molecular complexity index is 878. The molecule has 0 spiro atoms. The third-order valence-corrected chi connectivity index (χ3v) is 6.15. The summed E-state index contributed by atoms with van der Waals surface area (Å²) < 4.78 is 5.43. The summed E-state index contributed by atoms with van der Waals surface area (Å²) in [5.74, 6) is 2.76. The van der Waals surface area contributed by atoms with Gasteiger partial charge in [0.15, 0.2) is 5.82 Å². The van der Waals surface area contributed by atoms with Crippen molar-refractivity contribution in [2.45, 2.75) is 34.9 Å². The van der Waals surface area contributed by atoms with Gasteiger partial charge in [0, 0.05) is 35.9 Å². The summed E-state index contributed by atoms with van der Waals surface area (Å²) in [5.41, 5.74) is 0.960. The van der Waals surface area contributed by atoms with Crippen LogP contribution in [0.1, 0.15) is 25.2 Å². The molecule has 140 valence electrons. The Labute approximate surface area is 167 Å². The van der Waals surface area contributed by atoms with E-state index in [9.17, 15) is 0 Å². The molecule has 0 amide bonds. The van der Waals surface area contributed by atoms with Crippen molar-refractivity contribution in [3.05, 3.63) is 42.5 Å². The zero-order chi connectivity index (χ0) is 18.5. The van der Waals surface area contributed by atoms with Crippen molar-refractivity contribution in [3.8, 4) is 11.4 Å². The van der Waals surface area contributed by atoms with Gasteiger partial charge < -0.3 is 9.42 Å². The molecule has 8 heteroatoms. The minimum absolute atomic E-state index is 0.579. The number of thioether (sulfide) groups is 2. The summed E-state index contributed by atoms with van der Waals surface area (Å²) in [7, 11) is 0. The fourth-order valence-electron chi connectivity index (χ4n) is 3.04. The van der Waals surface area contributed by atoms with Gasteiger partial charge in [0.25, 0.3) is 0 Å². The smallest absolute Gasteiger partial charge is 0.237 e. The number of rotatable bonds is 6. The molecule has 1 saturated heterocycles. The van der Waals surface area contributed by atoms with Gasteiger partial charge in [-0.05, 0) is 49.8 Å². The average Bonchev–Trinajstić information content (AvgIpc) is 3.22. The molecule has 3 aromatic rings. The van der Waals surface area contributed by atoms with Crippen molar-refractivity contribution in [2.75, 3.05) is 24.2 Å². The third-order valence-electron chi connectivity index (χ3n) is 4.45. The molecule has 0 saturated carbocycles. The van der Waals surface area contributed by atoms with Crippen molar-refractivity contribution < 1.29 is 4.52 Å². The third kappa shape index (κ3) is 4.44. The van der Waals surface area contributed by atoms with E-state index in [1.54, 1.807) is 35.9 Å². The van der Waals surface area contributed by atoms with Gasteiger partial charge in [0.2, 0.25) is 11.7 Å². The van der Waals surface area contributed by atoms with E-state index in [-0.39, 0.29) is 0 Å². The van der Waals surface area contributed by atoms with Crippen molar-refractivity contribution in [1.82, 2.24) is 20.1 Å². The van der Waals surface area contributed by atoms with E-state index in [4.69, 9.17) is 4.52 Å². The maximum atomic E-state index is 5.43. The minimum Gasteiger partial charge on any atom is -0.354 e. The van der Waals surface area contributed by atoms with Gasteiger partial charge in [-0.3, -0.25) is 0 Å². The number of piperidine rings is 1. The first-order valence-corrected chi connectivity index (χ1v) is 11.2. The lowest BCUT2D eigenvalue weighted by atomic mass is 10.1. The Balaban J connectivity index is 1.44. The van der Waals surface area contributed by atoms with Crippen LogP contribution in [0.4, 0.5) is 5.82 Å². The first-order chi connectivity index (χ1) is 13.3. The van der Waals surface area contributed by atoms with Crippen LogP contribution in [0.3, 0.4) is 0 Å². The molecule has 27 heavy (non-hydrogen) atoms. The monoisotopic (exact) mass is 399 g/mol. The second-order valence-corrected chi connectivity index (χ2v) is 8.11. The van der Waals surface area contributed by atoms with E-state index in [0.717, 1.165) is 29.5 Å². The molecule has 0 aliphatic carbocycles. The van der Waals surface area contributed by atoms with Crippen molar-refractivity contribution in [2.24, 2.45) is 0 Å². The molecule has 0 bridgehead atoms. The SMILES string of the molecule is CSc1ccc(-c2noc(CSc3nccnc3N3CCCCC3)n2)cc1. The number of anilines is 1. The summed E-state index contributed by atoms with van der Waals surface area (Å²) in [6.07, 6.45) is 9.27. The average molecular weight is 400 g/mol. The van der Waals surface area contributed by atoms with Gasteiger partial charge in [-0.25, -0.2) is 9.97 Å². The van der Waals surface area contributed by atoms with Crippen LogP contribution in [0.2, 0.25) is 0 Å². The second kappa shape index (κ2) is 8.75. The highest BCUT2D eigenvalue weighted by Crippen LogP contribution is 2.30. The highest BCUT2D eigenvalue weighted by Gasteiger charge is 2.18. The molecular formula is C19H21N5OS2. The second-order valence-electron chi connectivity index (χ2n) is 6.26. The standard InChI is InChI=1S/C19H21N5OS2/c1-26-15-7-5-14(6-8-15)17-22-16(25-23-17)13-27-19-18(20-9-10-21-19)24-11-3-2-4-12-24/h5-10H,2-4,11-13H2,1H3. The van der Waals surface area contributed by atoms with E-state index in [0.29, 0.717) is 17.5 Å². The van der Waals surface area contributed by atoms with Crippen molar-refractivity contribution >= 4 is 29.3 Å². The topological polar surface area (TPSA) is 67.9 Å². The van der Waals surface area contributed by atoms with Gasteiger partial charge in [-0.2, -0.15) is 4.98 Å². The lowest BCUT2D eigenvalue weighted by Crippen LogP contribution is -2.30. The molecule has 6 nitrogen and oxygen atoms in total. The van der Waals surface area contributed by atoms with Crippen LogP contribution in [0.15, 0.2) is 51.1 Å². The molecule has 3 heterocycles. The van der Waals surface area contributed by atoms with E-state index in [1.165, 1.54) is 24.2 Å². The Morgan fingerprint density at radius 1 is 1.04 bits per heavy atom. The number of aromatic nitrogens is 4. The van der Waals surface area contributed by atoms with Crippen LogP contribution in [0.5, 0.6) is 0 Å². The molecule has 2 aromatic heterocycles. The largest absolute Gasteiger partial charge is 0.354 e. The lowest BCUT2D eigenvalue weighted by Gasteiger charge is -2.28. The van der Waals surface area contributed by atoms with Gasteiger partial charge in [0.05, 0.1) is 5.75 Å². The normalized spacial score (nSPS) is 14.5. The molecule has 0 atom stereocenters. The molecule has 0 radical (unpaired) electrons. The predicted molar refractivity (Wildman–Crippen MR) is 109 cm³/mol. The Kier molecular flexibility index (Phi) is 5.94. The number of hydrogen-bond donors (Lipinski definition) is 0. The number of nitrogens with zero attached hydrogens (tertiary/aromatic N) is 5. The Morgan fingerprint density at radius 2 is 1.81 bits per heavy atom. The first kappa shape index (κ1) is 18.3. The highest BCUT2D eigenvalue weighted by atomic mass is 32.2. The molecule has 0 N–H and O–H groups in total. The molecular weight excluding hydrogens is 378 g/mol. The first-order valence-electron chi connectivity index (χ1n) is 8.99. The highest BCUT2D eigenvalue weighted by molar-refractivity contribution is 7.98. The Hall–Kier alpha value is -2.06. The van der Waals surface area contributed by atoms with Crippen molar-refractivity contribution in [1.29, 1.82) is 0 Å². The van der Waals surface area contributed by atoms with E-state index in [2.05, 4.69) is 43.4 Å². The molecule has 0 unspecified atom stereocenters. The van der Waals surface area contributed by atoms with Gasteiger partial charge >= 0.3 is 0 Å². The number of benzene rings is 1. The summed E-state index contributed by atoms with van der Waals surface area (Å²) in [5, 5.41) is 5.03. The molecule has 1 aromatic carbocycles. The maximum absolute atomic E-state index is 5.43. The molecule has 1 aliphatic rings. The zero-order valence-electron chi connectivity index (χ0n) is 15.2. The summed E-state index contributed by atoms with van der Waals surface area (Å²) in [6.45, 7) is 2.09. The molecule has 1 aliphatic heterocycles. The van der Waals surface area contributed by atoms with Gasteiger partial charge in [-0.1, -0.05) is 16.9 Å². The van der Waals surface area contributed by atoms with Crippen molar-refractivity contribution in [3.63, 3.8) is 0 Å². The molecule has 1 fully saturated rings. The molecule has 4 rings (SSSR count). The summed E-state index contributed by atoms with van der Waals surface area (Å²) >= 11 is 3.31. The fraction of sp³-hybridized carbons (Fsp3) is 0.368. The van der Waals surface area contributed by atoms with Crippen LogP contribution in [0, 0.1) is 0 Å². The maximum Gasteiger partial charge on any atom is 0.237 e. The van der Waals surface area contributed by atoms with Crippen LogP contribution in [-0.2, 0) is 5.75 Å². The van der Waals surface area contributed by atoms with E-state index in [1.807, 2.05) is 12.1 Å². The lowest BCUT2D eigenvalue weighted by molar-refractivity contribution is 0.391. The van der Waals surface area contributed by atoms with Crippen LogP contribution in [-0.4, -0.2) is 39.5 Å². The zero-order valence-corrected chi connectivity index (χ0v) is 16.8. The minimum atomic E-state index is 0.579. The van der Waals surface area contributed by atoms with Gasteiger partial charge in [0.1, 0.15) is 5.03 Å². The van der Waals surface area contributed by atoms with Crippen LogP contribution >= 0.6 is 23.5 Å². The van der Waals surface area contributed by atoms with E-state index >= 15 is 0 Å². The quantitative estimate of drug-likeness (QED) is 0.560. The van der Waals surface area contributed by atoms with Crippen LogP contribution in [0.25, 0.3) is 11.4 Å². The summed E-state index contributed by atoms with van der Waals surface area (Å²) in [4.78, 5) is 17.1. The van der Waals surface area contributed by atoms with E-state index < -0.39 is 0 Å². The fourth-order valence-corrected chi connectivity index (χ4v) is 4.28. The number of hydrogen-bond acceptors (Lipinski definition) is 8. The predicted octanol–water partition coefficient (Wildman–Crippen LogP) is 4.53. The summed E-state index contributed by atoms with van der Waals surface area (Å²) in [6, 6.07) is 8.17. The van der Waals surface area contributed by atoms with Crippen LogP contribution < -0.4 is 4.90 Å².